The summed E-state index contributed by atoms with van der Waals surface area (Å²) in [7, 11) is -3.56. The van der Waals surface area contributed by atoms with E-state index in [4.69, 9.17) is 16.3 Å². The summed E-state index contributed by atoms with van der Waals surface area (Å²) in [5.74, 6) is -3.30. The molecule has 35 heavy (non-hydrogen) atoms. The number of carbonyl (C=O) groups excluding carboxylic acids is 2. The number of carbonyl (C=O) groups is 2. The predicted molar refractivity (Wildman–Crippen MR) is 121 cm³/mol. The van der Waals surface area contributed by atoms with Crippen molar-refractivity contribution in [1.82, 2.24) is 10.2 Å². The Morgan fingerprint density at radius 2 is 1.91 bits per heavy atom. The largest absolute Gasteiger partial charge is 0.374 e. The van der Waals surface area contributed by atoms with Gasteiger partial charge in [0.05, 0.1) is 29.2 Å². The zero-order valence-electron chi connectivity index (χ0n) is 18.6. The van der Waals surface area contributed by atoms with Gasteiger partial charge >= 0.3 is 0 Å². The first-order valence-corrected chi connectivity index (χ1v) is 13.0. The summed E-state index contributed by atoms with van der Waals surface area (Å²) in [6, 6.07) is 4.27. The van der Waals surface area contributed by atoms with Crippen LogP contribution in [0.3, 0.4) is 0 Å². The van der Waals surface area contributed by atoms with Gasteiger partial charge in [-0.25, -0.2) is 21.6 Å². The predicted octanol–water partition coefficient (Wildman–Crippen LogP) is 3.22. The molecule has 188 valence electrons. The monoisotopic (exact) mass is 530 g/mol. The lowest BCUT2D eigenvalue weighted by Crippen LogP contribution is -2.58. The van der Waals surface area contributed by atoms with E-state index in [1.807, 2.05) is 0 Å². The normalized spacial score (nSPS) is 20.3. The lowest BCUT2D eigenvalue weighted by molar-refractivity contribution is -0.155. The number of nitrogens with zero attached hydrogens (tertiary/aromatic N) is 1. The Labute approximate surface area is 205 Å². The highest BCUT2D eigenvalue weighted by Gasteiger charge is 2.50. The third-order valence-electron chi connectivity index (χ3n) is 6.16. The quantitative estimate of drug-likeness (QED) is 0.579. The summed E-state index contributed by atoms with van der Waals surface area (Å²) in [5.41, 5.74) is -2.54. The molecule has 0 radical (unpaired) electrons. The van der Waals surface area contributed by atoms with Gasteiger partial charge in [0, 0.05) is 23.9 Å². The van der Waals surface area contributed by atoms with E-state index in [-0.39, 0.29) is 23.4 Å². The molecule has 2 fully saturated rings. The van der Waals surface area contributed by atoms with Gasteiger partial charge in [-0.2, -0.15) is 0 Å². The molecule has 4 rings (SSSR count). The second kappa shape index (κ2) is 9.44. The van der Waals surface area contributed by atoms with Gasteiger partial charge in [-0.1, -0.05) is 17.7 Å². The third-order valence-corrected chi connectivity index (χ3v) is 7.56. The van der Waals surface area contributed by atoms with E-state index >= 15 is 4.39 Å². The fourth-order valence-corrected chi connectivity index (χ4v) is 5.07. The smallest absolute Gasteiger partial charge is 0.254 e. The van der Waals surface area contributed by atoms with Crippen LogP contribution in [0.25, 0.3) is 0 Å². The molecule has 0 aromatic heterocycles. The van der Waals surface area contributed by atoms with Gasteiger partial charge < -0.3 is 15.0 Å². The number of nitrogens with one attached hydrogen (secondary N) is 1. The van der Waals surface area contributed by atoms with Crippen LogP contribution in [0.4, 0.5) is 13.2 Å². The first-order valence-electron chi connectivity index (χ1n) is 10.7. The summed E-state index contributed by atoms with van der Waals surface area (Å²) in [6.07, 6.45) is 1.73. The van der Waals surface area contributed by atoms with Crippen molar-refractivity contribution in [1.29, 1.82) is 0 Å². The van der Waals surface area contributed by atoms with Gasteiger partial charge in [0.1, 0.15) is 17.7 Å². The molecule has 2 aliphatic heterocycles. The maximum absolute atomic E-state index is 15.4. The maximum atomic E-state index is 15.4. The van der Waals surface area contributed by atoms with Crippen molar-refractivity contribution in [3.8, 4) is 0 Å². The molecule has 2 saturated heterocycles. The summed E-state index contributed by atoms with van der Waals surface area (Å²) >= 11 is 5.61. The van der Waals surface area contributed by atoms with Crippen LogP contribution in [0.1, 0.15) is 34.8 Å². The Morgan fingerprint density at radius 3 is 2.54 bits per heavy atom. The summed E-state index contributed by atoms with van der Waals surface area (Å²) < 4.78 is 72.7. The van der Waals surface area contributed by atoms with Gasteiger partial charge in [0.25, 0.3) is 5.91 Å². The highest BCUT2D eigenvalue weighted by Crippen LogP contribution is 2.38. The molecule has 7 nitrogen and oxygen atoms in total. The second-order valence-corrected chi connectivity index (χ2v) is 11.1. The van der Waals surface area contributed by atoms with Gasteiger partial charge in [-0.3, -0.25) is 9.59 Å². The Hall–Kier alpha value is -2.63. The molecular formula is C23H22ClF3N2O5S. The highest BCUT2D eigenvalue weighted by molar-refractivity contribution is 7.90. The molecule has 0 bridgehead atoms. The minimum absolute atomic E-state index is 0.0480. The van der Waals surface area contributed by atoms with Crippen LogP contribution in [-0.4, -0.2) is 62.9 Å². The Balaban J connectivity index is 1.60. The van der Waals surface area contributed by atoms with E-state index in [1.54, 1.807) is 0 Å². The van der Waals surface area contributed by atoms with Crippen molar-refractivity contribution in [2.45, 2.75) is 35.5 Å². The number of sulfone groups is 1. The number of alkyl halides is 1. The molecule has 2 aromatic rings. The third kappa shape index (κ3) is 5.03. The van der Waals surface area contributed by atoms with Gasteiger partial charge in [-0.05, 0) is 43.2 Å². The van der Waals surface area contributed by atoms with E-state index in [9.17, 15) is 26.8 Å². The van der Waals surface area contributed by atoms with Crippen LogP contribution in [0.15, 0.2) is 41.3 Å². The van der Waals surface area contributed by atoms with E-state index in [0.29, 0.717) is 12.5 Å². The van der Waals surface area contributed by atoms with Crippen LogP contribution in [0.5, 0.6) is 0 Å². The average molecular weight is 531 g/mol. The van der Waals surface area contributed by atoms with Crippen LogP contribution in [0.2, 0.25) is 5.02 Å². The van der Waals surface area contributed by atoms with E-state index in [0.717, 1.165) is 12.3 Å². The summed E-state index contributed by atoms with van der Waals surface area (Å²) in [6.45, 7) is -0.668. The van der Waals surface area contributed by atoms with Crippen molar-refractivity contribution in [2.24, 2.45) is 0 Å². The first-order chi connectivity index (χ1) is 16.4. The molecule has 2 aromatic carbocycles. The lowest BCUT2D eigenvalue weighted by Gasteiger charge is -2.41. The fraction of sp³-hybridized carbons (Fsp3) is 0.391. The van der Waals surface area contributed by atoms with E-state index < -0.39 is 74.8 Å². The molecule has 0 unspecified atom stereocenters. The number of rotatable bonds is 6. The standard InChI is InChI=1S/C23H22ClF3N2O5S/c1-35(32,33)14-5-2-4-13(8-14)22(31)29-7-3-6-19(29)21(30)28-20(23(27)11-34-12-23)15-9-18(26)16(24)10-17(15)25/h2,4-5,8-10,19-20H,3,6-7,11-12H2,1H3,(H,28,30)/t19-,20+/m1/s1. The van der Waals surface area contributed by atoms with E-state index in [2.05, 4.69) is 5.32 Å². The highest BCUT2D eigenvalue weighted by atomic mass is 35.5. The van der Waals surface area contributed by atoms with Crippen molar-refractivity contribution in [3.05, 3.63) is 64.2 Å². The van der Waals surface area contributed by atoms with E-state index in [1.165, 1.54) is 29.2 Å². The number of hydrogen-bond acceptors (Lipinski definition) is 5. The van der Waals surface area contributed by atoms with Crippen molar-refractivity contribution >= 4 is 33.3 Å². The zero-order chi connectivity index (χ0) is 25.5. The van der Waals surface area contributed by atoms with Crippen molar-refractivity contribution in [2.75, 3.05) is 26.0 Å². The van der Waals surface area contributed by atoms with Crippen LogP contribution in [0, 0.1) is 11.6 Å². The molecular weight excluding hydrogens is 509 g/mol. The Kier molecular flexibility index (Phi) is 6.87. The average Bonchev–Trinajstić information content (AvgIpc) is 3.27. The molecule has 2 heterocycles. The maximum Gasteiger partial charge on any atom is 0.254 e. The summed E-state index contributed by atoms with van der Waals surface area (Å²) in [4.78, 5) is 27.5. The van der Waals surface area contributed by atoms with Crippen LogP contribution in [-0.2, 0) is 19.4 Å². The summed E-state index contributed by atoms with van der Waals surface area (Å²) in [5, 5.41) is 1.96. The van der Waals surface area contributed by atoms with Crippen LogP contribution < -0.4 is 5.32 Å². The lowest BCUT2D eigenvalue weighted by atomic mass is 9.87. The molecule has 0 saturated carbocycles. The molecule has 0 aliphatic carbocycles. The number of hydrogen-bond donors (Lipinski definition) is 1. The minimum Gasteiger partial charge on any atom is -0.374 e. The number of ether oxygens (including phenoxy) is 1. The number of likely N-dealkylation sites (tertiary alicyclic amines) is 1. The van der Waals surface area contributed by atoms with Gasteiger partial charge in [0.15, 0.2) is 15.5 Å². The van der Waals surface area contributed by atoms with Gasteiger partial charge in [-0.15, -0.1) is 0 Å². The first kappa shape index (κ1) is 25.5. The van der Waals surface area contributed by atoms with Crippen molar-refractivity contribution < 1.29 is 35.9 Å². The number of halogens is 4. The minimum atomic E-state index is -3.56. The SMILES string of the molecule is CS(=O)(=O)c1cccc(C(=O)N2CCC[C@@H]2C(=O)N[C@@H](c2cc(F)c(Cl)cc2F)C2(F)COC2)c1. The Morgan fingerprint density at radius 1 is 1.20 bits per heavy atom. The molecule has 0 spiro atoms. The fourth-order valence-electron chi connectivity index (χ4n) is 4.26. The second-order valence-electron chi connectivity index (χ2n) is 8.71. The number of benzene rings is 2. The molecule has 1 N–H and O–H groups in total. The molecule has 2 amide bonds. The topological polar surface area (TPSA) is 92.8 Å². The molecule has 2 atom stereocenters. The number of amides is 2. The molecule has 12 heteroatoms. The Bertz CT molecular complexity index is 1290. The van der Waals surface area contributed by atoms with Gasteiger partial charge in [0.2, 0.25) is 5.91 Å². The van der Waals surface area contributed by atoms with Crippen molar-refractivity contribution in [3.63, 3.8) is 0 Å². The van der Waals surface area contributed by atoms with Crippen LogP contribution >= 0.6 is 11.6 Å². The molecule has 2 aliphatic rings. The zero-order valence-corrected chi connectivity index (χ0v) is 20.1.